The number of aromatic nitrogens is 1. The van der Waals surface area contributed by atoms with Gasteiger partial charge in [0.2, 0.25) is 0 Å². The fourth-order valence-electron chi connectivity index (χ4n) is 3.47. The van der Waals surface area contributed by atoms with Gasteiger partial charge in [-0.15, -0.1) is 22.7 Å². The van der Waals surface area contributed by atoms with E-state index in [1.54, 1.807) is 11.3 Å². The van der Waals surface area contributed by atoms with Crippen molar-refractivity contribution in [3.05, 3.63) is 38.5 Å². The summed E-state index contributed by atoms with van der Waals surface area (Å²) in [6.45, 7) is 4.85. The minimum atomic E-state index is 0.501. The summed E-state index contributed by atoms with van der Waals surface area (Å²) in [5, 5.41) is 12.2. The third kappa shape index (κ3) is 4.80. The summed E-state index contributed by atoms with van der Waals surface area (Å²) >= 11 is 3.55. The molecular weight excluding hydrogens is 350 g/mol. The van der Waals surface area contributed by atoms with Crippen LogP contribution >= 0.6 is 22.7 Å². The third-order valence-corrected chi connectivity index (χ3v) is 6.58. The van der Waals surface area contributed by atoms with Crippen molar-refractivity contribution in [2.75, 3.05) is 27.2 Å². The summed E-state index contributed by atoms with van der Waals surface area (Å²) in [6.07, 6.45) is 2.51. The first kappa shape index (κ1) is 18.4. The standard InChI is InChI=1S/C18H27N5S2/c1-13-12-25-16(22-13)11-21-18(19-2)20-10-14-6-4-8-23(3)17(14)15-7-5-9-24-15/h5,7,9,12,14,17H,4,6,8,10-11H2,1-3H3,(H2,19,20,21). The zero-order valence-electron chi connectivity index (χ0n) is 15.2. The second-order valence-corrected chi connectivity index (χ2v) is 8.45. The molecule has 0 spiro atoms. The van der Waals surface area contributed by atoms with Gasteiger partial charge in [-0.2, -0.15) is 0 Å². The molecule has 0 saturated carbocycles. The number of aliphatic imine (C=N–C) groups is 1. The molecule has 0 bridgehead atoms. The Bertz CT molecular complexity index is 679. The lowest BCUT2D eigenvalue weighted by Crippen LogP contribution is -2.44. The minimum absolute atomic E-state index is 0.501. The second kappa shape index (κ2) is 8.78. The van der Waals surface area contributed by atoms with Crippen molar-refractivity contribution in [2.24, 2.45) is 10.9 Å². The molecule has 2 unspecified atom stereocenters. The molecule has 1 aliphatic rings. The molecule has 7 heteroatoms. The lowest BCUT2D eigenvalue weighted by Gasteiger charge is -2.39. The van der Waals surface area contributed by atoms with Crippen LogP contribution in [-0.4, -0.2) is 43.0 Å². The van der Waals surface area contributed by atoms with Crippen molar-refractivity contribution >= 4 is 28.6 Å². The maximum atomic E-state index is 4.49. The van der Waals surface area contributed by atoms with Crippen molar-refractivity contribution in [2.45, 2.75) is 32.4 Å². The number of thiophene rings is 1. The van der Waals surface area contributed by atoms with Gasteiger partial charge in [0.1, 0.15) is 5.01 Å². The van der Waals surface area contributed by atoms with Crippen LogP contribution < -0.4 is 10.6 Å². The lowest BCUT2D eigenvalue weighted by molar-refractivity contribution is 0.125. The smallest absolute Gasteiger partial charge is 0.191 e. The van der Waals surface area contributed by atoms with Crippen molar-refractivity contribution in [3.8, 4) is 0 Å². The molecular formula is C18H27N5S2. The number of hydrogen-bond donors (Lipinski definition) is 2. The largest absolute Gasteiger partial charge is 0.356 e. The molecule has 1 saturated heterocycles. The van der Waals surface area contributed by atoms with Crippen LogP contribution in [0.25, 0.3) is 0 Å². The Morgan fingerprint density at radius 3 is 2.96 bits per heavy atom. The molecule has 0 amide bonds. The fourth-order valence-corrected chi connectivity index (χ4v) is 5.17. The predicted molar refractivity (Wildman–Crippen MR) is 107 cm³/mol. The van der Waals surface area contributed by atoms with E-state index in [1.807, 2.05) is 25.3 Å². The number of aryl methyl sites for hydroxylation is 1. The Morgan fingerprint density at radius 1 is 1.40 bits per heavy atom. The van der Waals surface area contributed by atoms with Gasteiger partial charge in [0.15, 0.2) is 5.96 Å². The van der Waals surface area contributed by atoms with E-state index in [4.69, 9.17) is 0 Å². The molecule has 5 nitrogen and oxygen atoms in total. The van der Waals surface area contributed by atoms with Crippen LogP contribution in [0.5, 0.6) is 0 Å². The van der Waals surface area contributed by atoms with Gasteiger partial charge in [-0.1, -0.05) is 6.07 Å². The molecule has 2 atom stereocenters. The van der Waals surface area contributed by atoms with E-state index in [9.17, 15) is 0 Å². The molecule has 25 heavy (non-hydrogen) atoms. The van der Waals surface area contributed by atoms with Crippen LogP contribution in [0.4, 0.5) is 0 Å². The zero-order chi connectivity index (χ0) is 17.6. The Hall–Kier alpha value is -1.44. The highest BCUT2D eigenvalue weighted by atomic mass is 32.1. The summed E-state index contributed by atoms with van der Waals surface area (Å²) in [5.41, 5.74) is 1.08. The van der Waals surface area contributed by atoms with Crippen molar-refractivity contribution in [1.29, 1.82) is 0 Å². The normalized spacial score (nSPS) is 22.1. The highest BCUT2D eigenvalue weighted by Crippen LogP contribution is 2.36. The summed E-state index contributed by atoms with van der Waals surface area (Å²) in [4.78, 5) is 12.8. The molecule has 0 aliphatic carbocycles. The van der Waals surface area contributed by atoms with Gasteiger partial charge in [0, 0.05) is 35.6 Å². The zero-order valence-corrected chi connectivity index (χ0v) is 16.8. The Morgan fingerprint density at radius 2 is 2.28 bits per heavy atom. The number of rotatable bonds is 5. The van der Waals surface area contributed by atoms with Gasteiger partial charge in [-0.05, 0) is 50.7 Å². The number of piperidine rings is 1. The van der Waals surface area contributed by atoms with Crippen molar-refractivity contribution in [3.63, 3.8) is 0 Å². The summed E-state index contributed by atoms with van der Waals surface area (Å²) in [5.74, 6) is 1.45. The Labute approximate surface area is 158 Å². The predicted octanol–water partition coefficient (Wildman–Crippen LogP) is 3.26. The maximum Gasteiger partial charge on any atom is 0.191 e. The SMILES string of the molecule is CN=C(NCc1nc(C)cs1)NCC1CCCN(C)C1c1cccs1. The monoisotopic (exact) mass is 377 g/mol. The number of nitrogens with zero attached hydrogens (tertiary/aromatic N) is 3. The maximum absolute atomic E-state index is 4.49. The molecule has 3 heterocycles. The highest BCUT2D eigenvalue weighted by molar-refractivity contribution is 7.10. The van der Waals surface area contributed by atoms with E-state index in [0.29, 0.717) is 12.0 Å². The molecule has 2 N–H and O–H groups in total. The van der Waals surface area contributed by atoms with Crippen molar-refractivity contribution < 1.29 is 0 Å². The quantitative estimate of drug-likeness (QED) is 0.620. The second-order valence-electron chi connectivity index (χ2n) is 6.53. The van der Waals surface area contributed by atoms with Crippen LogP contribution in [0.15, 0.2) is 27.9 Å². The fraction of sp³-hybridized carbons (Fsp3) is 0.556. The average molecular weight is 378 g/mol. The van der Waals surface area contributed by atoms with Crippen LogP contribution in [0.2, 0.25) is 0 Å². The lowest BCUT2D eigenvalue weighted by atomic mass is 9.88. The van der Waals surface area contributed by atoms with E-state index in [2.05, 4.69) is 55.5 Å². The first-order valence-electron chi connectivity index (χ1n) is 8.76. The average Bonchev–Trinajstić information content (AvgIpc) is 3.27. The third-order valence-electron chi connectivity index (χ3n) is 4.67. The van der Waals surface area contributed by atoms with Crippen LogP contribution in [-0.2, 0) is 6.54 Å². The van der Waals surface area contributed by atoms with E-state index in [1.165, 1.54) is 24.3 Å². The Kier molecular flexibility index (Phi) is 6.45. The molecule has 3 rings (SSSR count). The number of hydrogen-bond acceptors (Lipinski definition) is 5. The molecule has 0 radical (unpaired) electrons. The summed E-state index contributed by atoms with van der Waals surface area (Å²) in [7, 11) is 4.07. The van der Waals surface area contributed by atoms with Crippen molar-refractivity contribution in [1.82, 2.24) is 20.5 Å². The molecule has 2 aromatic heterocycles. The van der Waals surface area contributed by atoms with Crippen LogP contribution in [0.1, 0.15) is 34.5 Å². The van der Waals surface area contributed by atoms with E-state index in [-0.39, 0.29) is 0 Å². The van der Waals surface area contributed by atoms with Gasteiger partial charge in [-0.3, -0.25) is 9.89 Å². The van der Waals surface area contributed by atoms with Crippen LogP contribution in [0, 0.1) is 12.8 Å². The number of nitrogens with one attached hydrogen (secondary N) is 2. The van der Waals surface area contributed by atoms with Gasteiger partial charge >= 0.3 is 0 Å². The van der Waals surface area contributed by atoms with Crippen LogP contribution in [0.3, 0.4) is 0 Å². The highest BCUT2D eigenvalue weighted by Gasteiger charge is 2.31. The summed E-state index contributed by atoms with van der Waals surface area (Å²) < 4.78 is 0. The van der Waals surface area contributed by atoms with Gasteiger partial charge < -0.3 is 10.6 Å². The topological polar surface area (TPSA) is 52.6 Å². The molecule has 1 aliphatic heterocycles. The molecule has 1 fully saturated rings. The minimum Gasteiger partial charge on any atom is -0.356 e. The van der Waals surface area contributed by atoms with Gasteiger partial charge in [0.25, 0.3) is 0 Å². The number of guanidine groups is 1. The first-order chi connectivity index (χ1) is 12.2. The van der Waals surface area contributed by atoms with Gasteiger partial charge in [0.05, 0.1) is 6.54 Å². The summed E-state index contributed by atoms with van der Waals surface area (Å²) in [6, 6.07) is 4.92. The Balaban J connectivity index is 1.56. The van der Waals surface area contributed by atoms with E-state index < -0.39 is 0 Å². The molecule has 136 valence electrons. The van der Waals surface area contributed by atoms with Gasteiger partial charge in [-0.25, -0.2) is 4.98 Å². The van der Waals surface area contributed by atoms with E-state index in [0.717, 1.165) is 29.8 Å². The number of likely N-dealkylation sites (tertiary alicyclic amines) is 1. The number of thiazole rings is 1. The van der Waals surface area contributed by atoms with E-state index >= 15 is 0 Å². The molecule has 0 aromatic carbocycles. The first-order valence-corrected chi connectivity index (χ1v) is 10.5. The molecule has 2 aromatic rings.